The van der Waals surface area contributed by atoms with E-state index in [2.05, 4.69) is 34.9 Å². The van der Waals surface area contributed by atoms with Crippen LogP contribution in [0, 0.1) is 11.3 Å². The molecule has 3 aromatic carbocycles. The normalized spacial score (nSPS) is 11.6. The van der Waals surface area contributed by atoms with Crippen molar-refractivity contribution in [3.05, 3.63) is 83.9 Å². The largest absolute Gasteiger partial charge is 0.342 e. The highest BCUT2D eigenvalue weighted by Crippen LogP contribution is 2.28. The van der Waals surface area contributed by atoms with E-state index in [1.54, 1.807) is 0 Å². The van der Waals surface area contributed by atoms with E-state index in [-0.39, 0.29) is 25.0 Å². The van der Waals surface area contributed by atoms with Crippen LogP contribution in [0.15, 0.2) is 72.8 Å². The predicted molar refractivity (Wildman–Crippen MR) is 98.9 cm³/mol. The number of carbonyl (C=O) groups excluding carboxylic acids is 1. The number of benzene rings is 3. The van der Waals surface area contributed by atoms with Crippen molar-refractivity contribution < 1.29 is 4.79 Å². The summed E-state index contributed by atoms with van der Waals surface area (Å²) in [5, 5.41) is 16.8. The van der Waals surface area contributed by atoms with Crippen molar-refractivity contribution in [3.8, 4) is 6.07 Å². The van der Waals surface area contributed by atoms with Gasteiger partial charge >= 0.3 is 0 Å². The van der Waals surface area contributed by atoms with Gasteiger partial charge in [-0.1, -0.05) is 72.8 Å². The molecule has 2 N–H and O–H groups in total. The van der Waals surface area contributed by atoms with Crippen LogP contribution in [0.1, 0.15) is 17.2 Å². The second kappa shape index (κ2) is 8.09. The van der Waals surface area contributed by atoms with Gasteiger partial charge in [0.2, 0.25) is 5.91 Å². The molecule has 0 fully saturated rings. The minimum atomic E-state index is -0.192. The van der Waals surface area contributed by atoms with Crippen LogP contribution in [0.2, 0.25) is 0 Å². The number of hydrogen-bond donors (Lipinski definition) is 2. The second-order valence-corrected chi connectivity index (χ2v) is 5.73. The van der Waals surface area contributed by atoms with Crippen molar-refractivity contribution in [2.24, 2.45) is 0 Å². The first-order valence-electron chi connectivity index (χ1n) is 8.19. The SMILES string of the molecule is N#CCNC(=O)CN[C@@H](c1ccccc1)c1cccc2ccccc12. The highest BCUT2D eigenvalue weighted by Gasteiger charge is 2.17. The van der Waals surface area contributed by atoms with E-state index in [0.29, 0.717) is 0 Å². The molecule has 0 aliphatic rings. The summed E-state index contributed by atoms with van der Waals surface area (Å²) >= 11 is 0. The summed E-state index contributed by atoms with van der Waals surface area (Å²) in [6.45, 7) is 0.162. The number of carbonyl (C=O) groups is 1. The lowest BCUT2D eigenvalue weighted by Gasteiger charge is -2.21. The summed E-state index contributed by atoms with van der Waals surface area (Å²) in [5.74, 6) is -0.192. The summed E-state index contributed by atoms with van der Waals surface area (Å²) in [6, 6.07) is 26.3. The fraction of sp³-hybridized carbons (Fsp3) is 0.143. The molecule has 124 valence electrons. The van der Waals surface area contributed by atoms with Crippen LogP contribution >= 0.6 is 0 Å². The van der Waals surface area contributed by atoms with Gasteiger partial charge in [-0.25, -0.2) is 0 Å². The Bertz CT molecular complexity index is 894. The van der Waals surface area contributed by atoms with E-state index >= 15 is 0 Å². The summed E-state index contributed by atoms with van der Waals surface area (Å²) in [6.07, 6.45) is 0. The summed E-state index contributed by atoms with van der Waals surface area (Å²) in [5.41, 5.74) is 2.21. The minimum absolute atomic E-state index is 0.0186. The molecule has 4 nitrogen and oxygen atoms in total. The lowest BCUT2D eigenvalue weighted by Crippen LogP contribution is -2.36. The maximum Gasteiger partial charge on any atom is 0.234 e. The Morgan fingerprint density at radius 1 is 0.960 bits per heavy atom. The highest BCUT2D eigenvalue weighted by molar-refractivity contribution is 5.86. The number of fused-ring (bicyclic) bond motifs is 1. The molecule has 4 heteroatoms. The third kappa shape index (κ3) is 4.03. The maximum atomic E-state index is 11.9. The highest BCUT2D eigenvalue weighted by atomic mass is 16.1. The van der Waals surface area contributed by atoms with Gasteiger partial charge in [-0.15, -0.1) is 0 Å². The van der Waals surface area contributed by atoms with E-state index in [1.807, 2.05) is 54.6 Å². The van der Waals surface area contributed by atoms with E-state index < -0.39 is 0 Å². The summed E-state index contributed by atoms with van der Waals surface area (Å²) in [7, 11) is 0. The van der Waals surface area contributed by atoms with Crippen LogP contribution in [-0.2, 0) is 4.79 Å². The smallest absolute Gasteiger partial charge is 0.234 e. The van der Waals surface area contributed by atoms with Gasteiger partial charge in [0, 0.05) is 0 Å². The number of nitrogens with one attached hydrogen (secondary N) is 2. The number of nitrogens with zero attached hydrogens (tertiary/aromatic N) is 1. The van der Waals surface area contributed by atoms with Gasteiger partial charge < -0.3 is 5.32 Å². The molecule has 0 radical (unpaired) electrons. The molecule has 3 aromatic rings. The van der Waals surface area contributed by atoms with Crippen molar-refractivity contribution in [2.75, 3.05) is 13.1 Å². The molecule has 0 saturated carbocycles. The average Bonchev–Trinajstić information content (AvgIpc) is 2.67. The van der Waals surface area contributed by atoms with Crippen LogP contribution in [0.4, 0.5) is 0 Å². The van der Waals surface area contributed by atoms with Crippen LogP contribution in [0.25, 0.3) is 10.8 Å². The standard InChI is InChI=1S/C21H19N3O/c22-13-14-23-20(25)15-24-21(17-8-2-1-3-9-17)19-12-6-10-16-7-4-5-11-18(16)19/h1-12,21,24H,14-15H2,(H,23,25)/t21-/m0/s1. The zero-order valence-corrected chi connectivity index (χ0v) is 13.8. The van der Waals surface area contributed by atoms with Crippen molar-refractivity contribution >= 4 is 16.7 Å². The lowest BCUT2D eigenvalue weighted by molar-refractivity contribution is -0.120. The van der Waals surface area contributed by atoms with E-state index in [0.717, 1.165) is 21.9 Å². The predicted octanol–water partition coefficient (Wildman–Crippen LogP) is 3.16. The Hall–Kier alpha value is -3.16. The van der Waals surface area contributed by atoms with Crippen molar-refractivity contribution in [2.45, 2.75) is 6.04 Å². The van der Waals surface area contributed by atoms with Gasteiger partial charge in [0.1, 0.15) is 6.54 Å². The summed E-state index contributed by atoms with van der Waals surface area (Å²) < 4.78 is 0. The molecule has 0 unspecified atom stereocenters. The molecule has 0 aliphatic heterocycles. The number of amides is 1. The van der Waals surface area contributed by atoms with Gasteiger partial charge in [-0.3, -0.25) is 10.1 Å². The van der Waals surface area contributed by atoms with Crippen LogP contribution in [-0.4, -0.2) is 19.0 Å². The number of nitriles is 1. The van der Waals surface area contributed by atoms with E-state index in [1.165, 1.54) is 0 Å². The number of rotatable bonds is 6. The maximum absolute atomic E-state index is 11.9. The molecular weight excluding hydrogens is 310 g/mol. The van der Waals surface area contributed by atoms with Gasteiger partial charge in [0.25, 0.3) is 0 Å². The topological polar surface area (TPSA) is 64.9 Å². The molecule has 0 heterocycles. The van der Waals surface area contributed by atoms with E-state index in [4.69, 9.17) is 5.26 Å². The molecule has 0 aliphatic carbocycles. The molecule has 25 heavy (non-hydrogen) atoms. The van der Waals surface area contributed by atoms with Crippen molar-refractivity contribution in [1.29, 1.82) is 5.26 Å². The first-order valence-corrected chi connectivity index (χ1v) is 8.19. The average molecular weight is 329 g/mol. The monoisotopic (exact) mass is 329 g/mol. The molecule has 0 bridgehead atoms. The van der Waals surface area contributed by atoms with Crippen LogP contribution < -0.4 is 10.6 Å². The summed E-state index contributed by atoms with van der Waals surface area (Å²) in [4.78, 5) is 11.9. The lowest BCUT2D eigenvalue weighted by atomic mass is 9.93. The third-order valence-electron chi connectivity index (χ3n) is 4.10. The Morgan fingerprint density at radius 3 is 2.48 bits per heavy atom. The van der Waals surface area contributed by atoms with Crippen LogP contribution in [0.3, 0.4) is 0 Å². The zero-order chi connectivity index (χ0) is 17.5. The quantitative estimate of drug-likeness (QED) is 0.683. The van der Waals surface area contributed by atoms with Crippen molar-refractivity contribution in [1.82, 2.24) is 10.6 Å². The Morgan fingerprint density at radius 2 is 1.68 bits per heavy atom. The Labute approximate surface area is 147 Å². The third-order valence-corrected chi connectivity index (χ3v) is 4.10. The van der Waals surface area contributed by atoms with Crippen molar-refractivity contribution in [3.63, 3.8) is 0 Å². The first kappa shape index (κ1) is 16.7. The molecule has 0 saturated heterocycles. The van der Waals surface area contributed by atoms with E-state index in [9.17, 15) is 4.79 Å². The minimum Gasteiger partial charge on any atom is -0.342 e. The zero-order valence-electron chi connectivity index (χ0n) is 13.8. The molecule has 1 amide bonds. The van der Waals surface area contributed by atoms with Gasteiger partial charge in [0.05, 0.1) is 18.7 Å². The first-order chi connectivity index (χ1) is 12.3. The number of hydrogen-bond acceptors (Lipinski definition) is 3. The molecule has 1 atom stereocenters. The molecule has 0 aromatic heterocycles. The Balaban J connectivity index is 1.94. The fourth-order valence-electron chi connectivity index (χ4n) is 2.95. The van der Waals surface area contributed by atoms with Gasteiger partial charge in [-0.2, -0.15) is 5.26 Å². The molecule has 0 spiro atoms. The molecular formula is C21H19N3O. The van der Waals surface area contributed by atoms with Crippen LogP contribution in [0.5, 0.6) is 0 Å². The van der Waals surface area contributed by atoms with Gasteiger partial charge in [0.15, 0.2) is 0 Å². The van der Waals surface area contributed by atoms with Gasteiger partial charge in [-0.05, 0) is 21.9 Å². The fourth-order valence-corrected chi connectivity index (χ4v) is 2.95. The Kier molecular flexibility index (Phi) is 5.40. The molecule has 3 rings (SSSR count). The second-order valence-electron chi connectivity index (χ2n) is 5.73.